The molecule has 2 rings (SSSR count). The minimum Gasteiger partial charge on any atom is -0.392 e. The van der Waals surface area contributed by atoms with Crippen molar-refractivity contribution in [3.05, 3.63) is 25.3 Å². The van der Waals surface area contributed by atoms with Crippen molar-refractivity contribution in [2.45, 2.75) is 56.8 Å². The minimum absolute atomic E-state index is 0.341. The predicted octanol–water partition coefficient (Wildman–Crippen LogP) is 3.19. The fraction of sp³-hybridized carbons (Fsp3) is 0.750. The third-order valence-electron chi connectivity index (χ3n) is 4.68. The molecule has 1 heterocycles. The molecular weight excluding hydrogens is 240 g/mol. The molecule has 3 heteroatoms. The molecule has 0 bridgehead atoms. The first-order valence-electron chi connectivity index (χ1n) is 7.38. The maximum atomic E-state index is 10.8. The highest BCUT2D eigenvalue weighted by Gasteiger charge is 2.59. The molecule has 0 amide bonds. The number of hydrogen-bond acceptors (Lipinski definition) is 3. The Morgan fingerprint density at radius 1 is 1.11 bits per heavy atom. The van der Waals surface area contributed by atoms with Crippen molar-refractivity contribution in [1.29, 1.82) is 0 Å². The van der Waals surface area contributed by atoms with E-state index >= 15 is 0 Å². The van der Waals surface area contributed by atoms with E-state index in [1.165, 1.54) is 0 Å². The summed E-state index contributed by atoms with van der Waals surface area (Å²) in [5, 5.41) is 10.8. The second-order valence-corrected chi connectivity index (χ2v) is 5.69. The fourth-order valence-corrected chi connectivity index (χ4v) is 3.75. The molecule has 1 saturated heterocycles. The van der Waals surface area contributed by atoms with Gasteiger partial charge in [-0.2, -0.15) is 0 Å². The summed E-state index contributed by atoms with van der Waals surface area (Å²) in [5.74, 6) is -0.597. The molecule has 1 aliphatic heterocycles. The lowest BCUT2D eigenvalue weighted by Gasteiger charge is -2.52. The van der Waals surface area contributed by atoms with Crippen molar-refractivity contribution in [3.8, 4) is 0 Å². The molecule has 19 heavy (non-hydrogen) atoms. The van der Waals surface area contributed by atoms with Gasteiger partial charge >= 0.3 is 0 Å². The van der Waals surface area contributed by atoms with Crippen LogP contribution in [0.15, 0.2) is 25.3 Å². The van der Waals surface area contributed by atoms with Gasteiger partial charge in [0, 0.05) is 6.42 Å². The van der Waals surface area contributed by atoms with Crippen LogP contribution in [0.5, 0.6) is 0 Å². The zero-order valence-electron chi connectivity index (χ0n) is 11.8. The van der Waals surface area contributed by atoms with Gasteiger partial charge in [0.15, 0.2) is 5.79 Å². The van der Waals surface area contributed by atoms with Crippen LogP contribution in [0.3, 0.4) is 0 Å². The molecule has 3 nitrogen and oxygen atoms in total. The maximum absolute atomic E-state index is 10.8. The quantitative estimate of drug-likeness (QED) is 0.750. The van der Waals surface area contributed by atoms with Gasteiger partial charge in [0.25, 0.3) is 0 Å². The Balaban J connectivity index is 2.27. The summed E-state index contributed by atoms with van der Waals surface area (Å²) < 4.78 is 12.0. The SMILES string of the molecule is C=CCC[C@H](O)[C@]1(CC=C)CCCCC12OCCO2. The summed E-state index contributed by atoms with van der Waals surface area (Å²) in [4.78, 5) is 0. The molecule has 0 radical (unpaired) electrons. The van der Waals surface area contributed by atoms with Crippen LogP contribution in [-0.4, -0.2) is 30.2 Å². The minimum atomic E-state index is -0.597. The van der Waals surface area contributed by atoms with E-state index in [4.69, 9.17) is 9.47 Å². The van der Waals surface area contributed by atoms with Crippen molar-refractivity contribution < 1.29 is 14.6 Å². The van der Waals surface area contributed by atoms with Crippen molar-refractivity contribution in [2.75, 3.05) is 13.2 Å². The number of allylic oxidation sites excluding steroid dienone is 2. The van der Waals surface area contributed by atoms with E-state index in [-0.39, 0.29) is 5.41 Å². The van der Waals surface area contributed by atoms with E-state index in [1.807, 2.05) is 12.2 Å². The molecule has 2 atom stereocenters. The lowest BCUT2D eigenvalue weighted by atomic mass is 9.62. The summed E-state index contributed by atoms with van der Waals surface area (Å²) in [6.07, 6.45) is 9.64. The molecule has 1 aliphatic carbocycles. The number of hydrogen-bond donors (Lipinski definition) is 1. The molecule has 108 valence electrons. The van der Waals surface area contributed by atoms with Crippen molar-refractivity contribution >= 4 is 0 Å². The van der Waals surface area contributed by atoms with Crippen LogP contribution in [0.2, 0.25) is 0 Å². The van der Waals surface area contributed by atoms with Gasteiger partial charge in [0.05, 0.1) is 24.7 Å². The van der Waals surface area contributed by atoms with Gasteiger partial charge in [-0.1, -0.05) is 18.6 Å². The van der Waals surface area contributed by atoms with Gasteiger partial charge in [0.2, 0.25) is 0 Å². The Morgan fingerprint density at radius 3 is 2.42 bits per heavy atom. The third kappa shape index (κ3) is 2.51. The molecule has 1 N–H and O–H groups in total. The number of aliphatic hydroxyl groups is 1. The Bertz CT molecular complexity index is 320. The van der Waals surface area contributed by atoms with Crippen molar-refractivity contribution in [3.63, 3.8) is 0 Å². The van der Waals surface area contributed by atoms with E-state index in [1.54, 1.807) is 0 Å². The highest BCUT2D eigenvalue weighted by molar-refractivity contribution is 5.06. The van der Waals surface area contributed by atoms with E-state index in [0.29, 0.717) is 19.6 Å². The number of rotatable bonds is 6. The Morgan fingerprint density at radius 2 is 1.79 bits per heavy atom. The van der Waals surface area contributed by atoms with Gasteiger partial charge in [-0.25, -0.2) is 0 Å². The lowest BCUT2D eigenvalue weighted by Crippen LogP contribution is -2.57. The summed E-state index contributed by atoms with van der Waals surface area (Å²) in [6.45, 7) is 8.88. The average molecular weight is 266 g/mol. The molecule has 0 aromatic rings. The largest absolute Gasteiger partial charge is 0.392 e. The Hall–Kier alpha value is -0.640. The van der Waals surface area contributed by atoms with Crippen LogP contribution < -0.4 is 0 Å². The maximum Gasteiger partial charge on any atom is 0.176 e. The van der Waals surface area contributed by atoms with Crippen LogP contribution >= 0.6 is 0 Å². The summed E-state index contributed by atoms with van der Waals surface area (Å²) in [6, 6.07) is 0. The first-order valence-corrected chi connectivity index (χ1v) is 7.38. The fourth-order valence-electron chi connectivity index (χ4n) is 3.75. The van der Waals surface area contributed by atoms with Crippen molar-refractivity contribution in [1.82, 2.24) is 0 Å². The van der Waals surface area contributed by atoms with Gasteiger partial charge in [-0.3, -0.25) is 0 Å². The highest BCUT2D eigenvalue weighted by atomic mass is 16.7. The molecule has 2 aliphatic rings. The average Bonchev–Trinajstić information content (AvgIpc) is 2.89. The van der Waals surface area contributed by atoms with Crippen LogP contribution in [0, 0.1) is 5.41 Å². The van der Waals surface area contributed by atoms with Gasteiger partial charge in [0.1, 0.15) is 0 Å². The van der Waals surface area contributed by atoms with Gasteiger partial charge < -0.3 is 14.6 Å². The second kappa shape index (κ2) is 6.21. The normalized spacial score (nSPS) is 31.2. The summed E-state index contributed by atoms with van der Waals surface area (Å²) in [7, 11) is 0. The van der Waals surface area contributed by atoms with E-state index in [0.717, 1.165) is 38.5 Å². The van der Waals surface area contributed by atoms with Crippen LogP contribution in [0.25, 0.3) is 0 Å². The van der Waals surface area contributed by atoms with Crippen LogP contribution in [-0.2, 0) is 9.47 Å². The Kier molecular flexibility index (Phi) is 4.82. The zero-order valence-corrected chi connectivity index (χ0v) is 11.8. The molecule has 1 saturated carbocycles. The number of ether oxygens (including phenoxy) is 2. The number of aliphatic hydroxyl groups excluding tert-OH is 1. The molecule has 1 spiro atoms. The molecule has 0 aromatic heterocycles. The van der Waals surface area contributed by atoms with Gasteiger partial charge in [-0.15, -0.1) is 13.2 Å². The second-order valence-electron chi connectivity index (χ2n) is 5.69. The van der Waals surface area contributed by atoms with Crippen LogP contribution in [0.4, 0.5) is 0 Å². The van der Waals surface area contributed by atoms with E-state index in [9.17, 15) is 5.11 Å². The van der Waals surface area contributed by atoms with E-state index in [2.05, 4.69) is 13.2 Å². The standard InChI is InChI=1S/C16H26O3/c1-3-5-8-14(17)15(9-4-2)10-6-7-11-16(15)18-12-13-19-16/h3-4,14,17H,1-2,5-13H2/t14-,15-/m0/s1. The highest BCUT2D eigenvalue weighted by Crippen LogP contribution is 2.54. The molecule has 0 aromatic carbocycles. The Labute approximate surface area is 116 Å². The lowest BCUT2D eigenvalue weighted by molar-refractivity contribution is -0.282. The van der Waals surface area contributed by atoms with Crippen LogP contribution in [0.1, 0.15) is 44.9 Å². The third-order valence-corrected chi connectivity index (χ3v) is 4.68. The first-order chi connectivity index (χ1) is 9.21. The topological polar surface area (TPSA) is 38.7 Å². The summed E-state index contributed by atoms with van der Waals surface area (Å²) >= 11 is 0. The molecule has 2 fully saturated rings. The predicted molar refractivity (Wildman–Crippen MR) is 75.8 cm³/mol. The first kappa shape index (κ1) is 14.8. The van der Waals surface area contributed by atoms with Crippen molar-refractivity contribution in [2.24, 2.45) is 5.41 Å². The smallest absolute Gasteiger partial charge is 0.176 e. The molecule has 0 unspecified atom stereocenters. The molecular formula is C16H26O3. The monoisotopic (exact) mass is 266 g/mol. The van der Waals surface area contributed by atoms with Gasteiger partial charge in [-0.05, 0) is 32.1 Å². The zero-order chi connectivity index (χ0) is 13.8. The summed E-state index contributed by atoms with van der Waals surface area (Å²) in [5.41, 5.74) is -0.341. The van der Waals surface area contributed by atoms with E-state index < -0.39 is 11.9 Å².